The van der Waals surface area contributed by atoms with Crippen molar-refractivity contribution in [1.82, 2.24) is 9.97 Å². The Morgan fingerprint density at radius 1 is 1.18 bits per heavy atom. The molecule has 0 radical (unpaired) electrons. The van der Waals surface area contributed by atoms with E-state index in [0.29, 0.717) is 25.7 Å². The lowest BCUT2D eigenvalue weighted by atomic mass is 9.97. The number of para-hydroxylation sites is 1. The summed E-state index contributed by atoms with van der Waals surface area (Å²) in [6.45, 7) is 7.66. The molecule has 38 heavy (non-hydrogen) atoms. The minimum Gasteiger partial charge on any atom is -0.493 e. The van der Waals surface area contributed by atoms with Gasteiger partial charge >= 0.3 is 0 Å². The van der Waals surface area contributed by atoms with Gasteiger partial charge in [-0.05, 0) is 56.4 Å². The molecule has 200 valence electrons. The van der Waals surface area contributed by atoms with Crippen LogP contribution in [-0.2, 0) is 16.3 Å². The Kier molecular flexibility index (Phi) is 6.77. The third-order valence-electron chi connectivity index (χ3n) is 7.15. The van der Waals surface area contributed by atoms with Crippen LogP contribution in [0.1, 0.15) is 43.1 Å². The maximum absolute atomic E-state index is 13.8. The molecule has 3 aromatic rings. The van der Waals surface area contributed by atoms with Gasteiger partial charge in [0.05, 0.1) is 18.1 Å². The molecule has 9 nitrogen and oxygen atoms in total. The minimum atomic E-state index is -4.21. The fourth-order valence-corrected chi connectivity index (χ4v) is 6.89. The van der Waals surface area contributed by atoms with E-state index < -0.39 is 15.7 Å². The number of hydrogen-bond donors (Lipinski definition) is 1. The topological polar surface area (TPSA) is 125 Å². The van der Waals surface area contributed by atoms with Gasteiger partial charge in [0.25, 0.3) is 5.91 Å². The number of carbonyl (C=O) groups excluding carboxylic acids is 1. The smallest absolute Gasteiger partial charge is 0.253 e. The molecule has 1 aromatic carbocycles. The average Bonchev–Trinajstić information content (AvgIpc) is 3.18. The number of carbonyl (C=O) groups is 1. The van der Waals surface area contributed by atoms with Gasteiger partial charge in [-0.3, -0.25) is 4.79 Å². The number of pyridine rings is 2. The summed E-state index contributed by atoms with van der Waals surface area (Å²) >= 11 is 0. The van der Waals surface area contributed by atoms with Gasteiger partial charge in [-0.1, -0.05) is 31.2 Å². The van der Waals surface area contributed by atoms with E-state index in [-0.39, 0.29) is 38.6 Å². The third-order valence-corrected chi connectivity index (χ3v) is 8.85. The van der Waals surface area contributed by atoms with Crippen molar-refractivity contribution in [3.63, 3.8) is 0 Å². The average molecular weight is 537 g/mol. The molecule has 2 unspecified atom stereocenters. The summed E-state index contributed by atoms with van der Waals surface area (Å²) in [6, 6.07) is 13.7. The largest absolute Gasteiger partial charge is 0.493 e. The van der Waals surface area contributed by atoms with Crippen molar-refractivity contribution in [3.05, 3.63) is 65.9 Å². The molecule has 4 heterocycles. The molecule has 5 rings (SSSR count). The van der Waals surface area contributed by atoms with Gasteiger partial charge in [0.1, 0.15) is 17.1 Å². The number of amides is 1. The van der Waals surface area contributed by atoms with Gasteiger partial charge in [-0.15, -0.1) is 0 Å². The van der Waals surface area contributed by atoms with Crippen LogP contribution in [0, 0.1) is 11.8 Å². The molecule has 0 aliphatic carbocycles. The highest BCUT2D eigenvalue weighted by Gasteiger charge is 2.40. The quantitative estimate of drug-likeness (QED) is 0.485. The Labute approximate surface area is 222 Å². The monoisotopic (exact) mass is 536 g/mol. The highest BCUT2D eigenvalue weighted by molar-refractivity contribution is 7.91. The Balaban J connectivity index is 1.41. The van der Waals surface area contributed by atoms with Crippen LogP contribution in [0.2, 0.25) is 0 Å². The summed E-state index contributed by atoms with van der Waals surface area (Å²) in [7, 11) is -4.21. The normalized spacial score (nSPS) is 20.4. The molecule has 0 bridgehead atoms. The molecular weight excluding hydrogens is 504 g/mol. The zero-order valence-corrected chi connectivity index (χ0v) is 22.6. The van der Waals surface area contributed by atoms with E-state index >= 15 is 0 Å². The highest BCUT2D eigenvalue weighted by Crippen LogP contribution is 2.39. The molecule has 0 spiro atoms. The number of sulfone groups is 1. The van der Waals surface area contributed by atoms with Gasteiger partial charge in [0.2, 0.25) is 15.7 Å². The maximum Gasteiger partial charge on any atom is 0.253 e. The number of rotatable bonds is 7. The molecule has 1 fully saturated rings. The minimum absolute atomic E-state index is 0.0994. The lowest BCUT2D eigenvalue weighted by Crippen LogP contribution is -2.40. The molecule has 2 N–H and O–H groups in total. The van der Waals surface area contributed by atoms with Crippen LogP contribution >= 0.6 is 0 Å². The Morgan fingerprint density at radius 2 is 1.97 bits per heavy atom. The molecule has 2 atom stereocenters. The van der Waals surface area contributed by atoms with Gasteiger partial charge in [0, 0.05) is 30.3 Å². The first-order valence-electron chi connectivity index (χ1n) is 12.7. The Bertz CT molecular complexity index is 1470. The van der Waals surface area contributed by atoms with Crippen LogP contribution in [0.4, 0.5) is 5.82 Å². The molecule has 10 heteroatoms. The van der Waals surface area contributed by atoms with Crippen molar-refractivity contribution >= 4 is 21.6 Å². The third kappa shape index (κ3) is 4.92. The SMILES string of the molecule is CC1CN(c2nccc(S(=O)(=O)c3cccc(OCC4COc5ccccc5C4)n3)c2C(N)=O)C(C)(C)C1. The van der Waals surface area contributed by atoms with Crippen molar-refractivity contribution in [1.29, 1.82) is 0 Å². The van der Waals surface area contributed by atoms with Crippen molar-refractivity contribution < 1.29 is 22.7 Å². The predicted octanol–water partition coefficient (Wildman–Crippen LogP) is 3.66. The number of fused-ring (bicyclic) bond motifs is 1. The van der Waals surface area contributed by atoms with E-state index in [2.05, 4.69) is 16.9 Å². The lowest BCUT2D eigenvalue weighted by molar-refractivity contribution is 0.0997. The Hall–Kier alpha value is -3.66. The van der Waals surface area contributed by atoms with E-state index in [1.165, 1.54) is 18.3 Å². The van der Waals surface area contributed by atoms with Crippen LogP contribution in [0.5, 0.6) is 11.6 Å². The lowest BCUT2D eigenvalue weighted by Gasteiger charge is -2.33. The van der Waals surface area contributed by atoms with Crippen molar-refractivity contribution in [2.45, 2.75) is 49.1 Å². The number of primary amides is 1. The van der Waals surface area contributed by atoms with Gasteiger partial charge in [-0.25, -0.2) is 18.4 Å². The molecular formula is C28H32N4O5S. The summed E-state index contributed by atoms with van der Waals surface area (Å²) in [4.78, 5) is 23.1. The number of aromatic nitrogens is 2. The summed E-state index contributed by atoms with van der Waals surface area (Å²) < 4.78 is 39.2. The second-order valence-corrected chi connectivity index (χ2v) is 12.6. The van der Waals surface area contributed by atoms with E-state index in [0.717, 1.165) is 24.2 Å². The summed E-state index contributed by atoms with van der Waals surface area (Å²) in [6.07, 6.45) is 3.07. The summed E-state index contributed by atoms with van der Waals surface area (Å²) in [5.41, 5.74) is 6.42. The van der Waals surface area contributed by atoms with Crippen molar-refractivity contribution in [2.24, 2.45) is 17.6 Å². The summed E-state index contributed by atoms with van der Waals surface area (Å²) in [5.74, 6) is 0.927. The van der Waals surface area contributed by atoms with Crippen LogP contribution in [0.15, 0.2) is 64.6 Å². The van der Waals surface area contributed by atoms with Gasteiger partial charge < -0.3 is 20.1 Å². The molecule has 1 amide bonds. The maximum atomic E-state index is 13.8. The standard InChI is InChI=1S/C28H32N4O5S/c1-18-14-28(2,3)32(15-18)27-25(26(29)33)22(11-12-30-27)38(34,35)24-10-6-9-23(31-24)37-17-19-13-20-7-4-5-8-21(20)36-16-19/h4-12,18-19H,13-17H2,1-3H3,(H2,29,33). The molecule has 1 saturated heterocycles. The van der Waals surface area contributed by atoms with E-state index in [4.69, 9.17) is 15.2 Å². The van der Waals surface area contributed by atoms with Crippen LogP contribution in [0.3, 0.4) is 0 Å². The zero-order valence-electron chi connectivity index (χ0n) is 21.8. The Morgan fingerprint density at radius 3 is 2.71 bits per heavy atom. The second-order valence-electron chi connectivity index (χ2n) is 10.7. The molecule has 0 saturated carbocycles. The van der Waals surface area contributed by atoms with E-state index in [9.17, 15) is 13.2 Å². The van der Waals surface area contributed by atoms with Crippen molar-refractivity contribution in [2.75, 3.05) is 24.7 Å². The van der Waals surface area contributed by atoms with Gasteiger partial charge in [-0.2, -0.15) is 0 Å². The first-order chi connectivity index (χ1) is 18.1. The number of hydrogen-bond acceptors (Lipinski definition) is 8. The van der Waals surface area contributed by atoms with Crippen molar-refractivity contribution in [3.8, 4) is 11.6 Å². The van der Waals surface area contributed by atoms with Crippen LogP contribution < -0.4 is 20.1 Å². The number of nitrogens with two attached hydrogens (primary N) is 1. The molecule has 2 aromatic heterocycles. The first-order valence-corrected chi connectivity index (χ1v) is 14.2. The fourth-order valence-electron chi connectivity index (χ4n) is 5.49. The van der Waals surface area contributed by atoms with Gasteiger partial charge in [0.15, 0.2) is 5.03 Å². The first kappa shape index (κ1) is 26.0. The number of ether oxygens (including phenoxy) is 2. The predicted molar refractivity (Wildman–Crippen MR) is 142 cm³/mol. The number of nitrogens with zero attached hydrogens (tertiary/aromatic N) is 3. The second kappa shape index (κ2) is 9.90. The fraction of sp³-hybridized carbons (Fsp3) is 0.393. The van der Waals surface area contributed by atoms with E-state index in [1.54, 1.807) is 12.1 Å². The molecule has 2 aliphatic rings. The number of benzene rings is 1. The van der Waals surface area contributed by atoms with Crippen LogP contribution in [0.25, 0.3) is 0 Å². The van der Waals surface area contributed by atoms with E-state index in [1.807, 2.05) is 43.0 Å². The highest BCUT2D eigenvalue weighted by atomic mass is 32.2. The zero-order chi connectivity index (χ0) is 27.1. The summed E-state index contributed by atoms with van der Waals surface area (Å²) in [5, 5.41) is -0.228. The number of anilines is 1. The van der Waals surface area contributed by atoms with Crippen LogP contribution in [-0.4, -0.2) is 49.6 Å². The molecule has 2 aliphatic heterocycles.